The zero-order valence-electron chi connectivity index (χ0n) is 14.1. The van der Waals surface area contributed by atoms with Gasteiger partial charge in [0, 0.05) is 12.7 Å². The first kappa shape index (κ1) is 18.0. The molecule has 0 aliphatic rings. The third-order valence-electron chi connectivity index (χ3n) is 3.44. The highest BCUT2D eigenvalue weighted by molar-refractivity contribution is 5.89. The van der Waals surface area contributed by atoms with Crippen LogP contribution < -0.4 is 4.74 Å². The summed E-state index contributed by atoms with van der Waals surface area (Å²) >= 11 is 0. The monoisotopic (exact) mass is 330 g/mol. The van der Waals surface area contributed by atoms with Gasteiger partial charge in [0.1, 0.15) is 5.75 Å². The van der Waals surface area contributed by atoms with Crippen LogP contribution in [0.3, 0.4) is 0 Å². The lowest BCUT2D eigenvalue weighted by Gasteiger charge is -2.24. The van der Waals surface area contributed by atoms with Crippen LogP contribution >= 0.6 is 0 Å². The molecule has 0 saturated carbocycles. The molecule has 0 aromatic heterocycles. The maximum absolute atomic E-state index is 11.7. The number of ether oxygens (including phenoxy) is 4. The second-order valence-corrected chi connectivity index (χ2v) is 5.09. The Hall–Kier alpha value is -2.37. The smallest absolute Gasteiger partial charge is 0.337 e. The third kappa shape index (κ3) is 4.81. The van der Waals surface area contributed by atoms with Gasteiger partial charge in [-0.15, -0.1) is 0 Å². The molecule has 5 heteroatoms. The van der Waals surface area contributed by atoms with E-state index in [1.54, 1.807) is 31.4 Å². The molecule has 24 heavy (non-hydrogen) atoms. The van der Waals surface area contributed by atoms with Gasteiger partial charge in [0.2, 0.25) is 6.29 Å². The number of carbonyl (C=O) groups excluding carboxylic acids is 1. The van der Waals surface area contributed by atoms with Gasteiger partial charge >= 0.3 is 5.97 Å². The topological polar surface area (TPSA) is 54.0 Å². The molecule has 0 amide bonds. The molecule has 2 rings (SSSR count). The van der Waals surface area contributed by atoms with Crippen LogP contribution in [0.25, 0.3) is 0 Å². The molecule has 0 bridgehead atoms. The molecular formula is C19H22O5. The Kier molecular flexibility index (Phi) is 6.78. The Morgan fingerprint density at radius 2 is 1.79 bits per heavy atom. The molecule has 2 aromatic carbocycles. The van der Waals surface area contributed by atoms with Crippen molar-refractivity contribution in [3.63, 3.8) is 0 Å². The lowest BCUT2D eigenvalue weighted by Crippen LogP contribution is -2.22. The van der Waals surface area contributed by atoms with Crippen LogP contribution in [0.15, 0.2) is 54.6 Å². The Bertz CT molecular complexity index is 637. The molecule has 2 unspecified atom stereocenters. The molecule has 0 fully saturated rings. The number of benzene rings is 2. The van der Waals surface area contributed by atoms with E-state index in [2.05, 4.69) is 0 Å². The summed E-state index contributed by atoms with van der Waals surface area (Å²) in [6, 6.07) is 16.4. The summed E-state index contributed by atoms with van der Waals surface area (Å²) in [7, 11) is 2.93. The molecular weight excluding hydrogens is 308 g/mol. The number of rotatable bonds is 8. The van der Waals surface area contributed by atoms with Crippen LogP contribution in [0.5, 0.6) is 5.75 Å². The van der Waals surface area contributed by atoms with Crippen molar-refractivity contribution in [2.24, 2.45) is 0 Å². The SMILES string of the molecule is CCC(OC)OC(Oc1cccc(C(=O)OC)c1)c1ccccc1. The van der Waals surface area contributed by atoms with Gasteiger partial charge < -0.3 is 18.9 Å². The highest BCUT2D eigenvalue weighted by atomic mass is 16.8. The lowest BCUT2D eigenvalue weighted by atomic mass is 10.2. The first-order valence-corrected chi connectivity index (χ1v) is 7.76. The summed E-state index contributed by atoms with van der Waals surface area (Å²) in [5.41, 5.74) is 1.28. The Morgan fingerprint density at radius 1 is 1.04 bits per heavy atom. The van der Waals surface area contributed by atoms with Crippen LogP contribution in [-0.2, 0) is 14.2 Å². The van der Waals surface area contributed by atoms with Gasteiger partial charge in [-0.1, -0.05) is 43.3 Å². The van der Waals surface area contributed by atoms with E-state index < -0.39 is 12.3 Å². The fourth-order valence-electron chi connectivity index (χ4n) is 2.18. The van der Waals surface area contributed by atoms with Crippen molar-refractivity contribution in [1.29, 1.82) is 0 Å². The molecule has 0 aliphatic carbocycles. The van der Waals surface area contributed by atoms with E-state index in [-0.39, 0.29) is 6.29 Å². The van der Waals surface area contributed by atoms with Gasteiger partial charge in [0.15, 0.2) is 6.29 Å². The molecule has 0 spiro atoms. The zero-order valence-corrected chi connectivity index (χ0v) is 14.1. The normalized spacial score (nSPS) is 13.1. The molecule has 0 N–H and O–H groups in total. The summed E-state index contributed by atoms with van der Waals surface area (Å²) < 4.78 is 21.9. The quantitative estimate of drug-likeness (QED) is 0.542. The van der Waals surface area contributed by atoms with Crippen molar-refractivity contribution >= 4 is 5.97 Å². The molecule has 2 aromatic rings. The van der Waals surface area contributed by atoms with Crippen molar-refractivity contribution in [2.45, 2.75) is 25.9 Å². The number of esters is 1. The highest BCUT2D eigenvalue weighted by Gasteiger charge is 2.19. The summed E-state index contributed by atoms with van der Waals surface area (Å²) in [6.45, 7) is 1.97. The van der Waals surface area contributed by atoms with Crippen molar-refractivity contribution in [3.05, 3.63) is 65.7 Å². The molecule has 2 atom stereocenters. The second kappa shape index (κ2) is 9.05. The fraction of sp³-hybridized carbons (Fsp3) is 0.316. The van der Waals surface area contributed by atoms with Crippen molar-refractivity contribution < 1.29 is 23.7 Å². The number of methoxy groups -OCH3 is 2. The van der Waals surface area contributed by atoms with Crippen molar-refractivity contribution in [3.8, 4) is 5.75 Å². The highest BCUT2D eigenvalue weighted by Crippen LogP contribution is 2.26. The number of hydrogen-bond donors (Lipinski definition) is 0. The van der Waals surface area contributed by atoms with Gasteiger partial charge in [0.05, 0.1) is 12.7 Å². The van der Waals surface area contributed by atoms with Crippen LogP contribution in [0.4, 0.5) is 0 Å². The van der Waals surface area contributed by atoms with Gasteiger partial charge in [-0.25, -0.2) is 4.79 Å². The van der Waals surface area contributed by atoms with E-state index in [1.807, 2.05) is 37.3 Å². The molecule has 5 nitrogen and oxygen atoms in total. The van der Waals surface area contributed by atoms with Crippen LogP contribution in [0, 0.1) is 0 Å². The Morgan fingerprint density at radius 3 is 2.42 bits per heavy atom. The van der Waals surface area contributed by atoms with E-state index in [0.29, 0.717) is 17.7 Å². The number of hydrogen-bond acceptors (Lipinski definition) is 5. The zero-order chi connectivity index (χ0) is 17.4. The summed E-state index contributed by atoms with van der Waals surface area (Å²) in [5, 5.41) is 0. The van der Waals surface area contributed by atoms with Gasteiger partial charge in [-0.3, -0.25) is 0 Å². The largest absolute Gasteiger partial charge is 0.465 e. The maximum Gasteiger partial charge on any atom is 0.337 e. The van der Waals surface area contributed by atoms with Crippen molar-refractivity contribution in [1.82, 2.24) is 0 Å². The fourth-order valence-corrected chi connectivity index (χ4v) is 2.18. The predicted molar refractivity (Wildman–Crippen MR) is 89.8 cm³/mol. The van der Waals surface area contributed by atoms with E-state index in [0.717, 1.165) is 5.56 Å². The van der Waals surface area contributed by atoms with E-state index in [9.17, 15) is 4.79 Å². The lowest BCUT2D eigenvalue weighted by molar-refractivity contribution is -0.213. The van der Waals surface area contributed by atoms with Gasteiger partial charge in [-0.2, -0.15) is 0 Å². The van der Waals surface area contributed by atoms with Crippen molar-refractivity contribution in [2.75, 3.05) is 14.2 Å². The molecule has 0 radical (unpaired) electrons. The maximum atomic E-state index is 11.7. The molecule has 0 heterocycles. The van der Waals surface area contributed by atoms with Crippen LogP contribution in [0.2, 0.25) is 0 Å². The minimum Gasteiger partial charge on any atom is -0.465 e. The standard InChI is InChI=1S/C19H22O5/c1-4-17(21-2)24-19(14-9-6-5-7-10-14)23-16-12-8-11-15(13-16)18(20)22-3/h5-13,17,19H,4H2,1-3H3. The van der Waals surface area contributed by atoms with Gasteiger partial charge in [-0.05, 0) is 24.6 Å². The Labute approximate surface area is 142 Å². The van der Waals surface area contributed by atoms with E-state index in [4.69, 9.17) is 18.9 Å². The summed E-state index contributed by atoms with van der Waals surface area (Å²) in [6.07, 6.45) is -0.353. The van der Waals surface area contributed by atoms with Crippen LogP contribution in [-0.4, -0.2) is 26.5 Å². The molecule has 0 saturated heterocycles. The first-order valence-electron chi connectivity index (χ1n) is 7.76. The third-order valence-corrected chi connectivity index (χ3v) is 3.44. The molecule has 128 valence electrons. The van der Waals surface area contributed by atoms with Crippen LogP contribution in [0.1, 0.15) is 35.6 Å². The van der Waals surface area contributed by atoms with Gasteiger partial charge in [0.25, 0.3) is 0 Å². The molecule has 0 aliphatic heterocycles. The second-order valence-electron chi connectivity index (χ2n) is 5.09. The van der Waals surface area contributed by atoms with E-state index in [1.165, 1.54) is 7.11 Å². The minimum absolute atomic E-state index is 0.390. The summed E-state index contributed by atoms with van der Waals surface area (Å²) in [5.74, 6) is 0.0960. The first-order chi connectivity index (χ1) is 11.7. The number of carbonyl (C=O) groups is 1. The average molecular weight is 330 g/mol. The summed E-state index contributed by atoms with van der Waals surface area (Å²) in [4.78, 5) is 11.7. The van der Waals surface area contributed by atoms with E-state index >= 15 is 0 Å². The minimum atomic E-state index is -0.649. The Balaban J connectivity index is 2.23. The predicted octanol–water partition coefficient (Wildman–Crippen LogP) is 3.95. The average Bonchev–Trinajstić information content (AvgIpc) is 2.65.